The van der Waals surface area contributed by atoms with Gasteiger partial charge >= 0.3 is 172 Å². The summed E-state index contributed by atoms with van der Waals surface area (Å²) < 4.78 is 22.2. The first-order valence-electron chi connectivity index (χ1n) is 9.15. The first-order chi connectivity index (χ1) is 13.8. The third-order valence-electron chi connectivity index (χ3n) is 4.47. The second kappa shape index (κ2) is 11.8. The summed E-state index contributed by atoms with van der Waals surface area (Å²) in [5.74, 6) is 0.572. The topological polar surface area (TPSA) is 9.23 Å². The fourth-order valence-corrected chi connectivity index (χ4v) is 5.04. The Morgan fingerprint density at radius 1 is 0.567 bits per heavy atom. The van der Waals surface area contributed by atoms with Crippen LogP contribution >= 0.6 is 24.8 Å². The molecule has 152 valence electrons. The van der Waals surface area contributed by atoms with Crippen LogP contribution in [0.15, 0.2) is 115 Å². The van der Waals surface area contributed by atoms with E-state index in [0.29, 0.717) is 9.56 Å². The fraction of sp³-hybridized carbons (Fsp3) is 0. The number of hydrogen-bond donors (Lipinski definition) is 0. The van der Waals surface area contributed by atoms with Crippen LogP contribution in [0.4, 0.5) is 3.09 Å². The summed E-state index contributed by atoms with van der Waals surface area (Å²) in [5.41, 5.74) is 3.87. The standard InChI is InChI=1S/C13H10.C12H10O.2ClH.FH.Ti/c1-3-7-12(8-4-1)11-13-9-5-2-6-10-13;13-12-8-4-7-11(9-12)10-5-2-1-3-6-10;;;;/h1-10H;1-9,13H;3*1H;/q;;;;;+2/p-2. The Labute approximate surface area is 195 Å². The zero-order chi connectivity index (χ0) is 19.2. The minimum atomic E-state index is -3.52. The zero-order valence-corrected chi connectivity index (χ0v) is 19.3. The van der Waals surface area contributed by atoms with E-state index in [0.717, 1.165) is 22.3 Å². The summed E-state index contributed by atoms with van der Waals surface area (Å²) in [6, 6.07) is 37.1. The van der Waals surface area contributed by atoms with Gasteiger partial charge in [0.25, 0.3) is 0 Å². The summed E-state index contributed by atoms with van der Waals surface area (Å²) in [6.07, 6.45) is 0. The molecule has 1 nitrogen and oxygen atoms in total. The van der Waals surface area contributed by atoms with E-state index in [-0.39, 0.29) is 24.8 Å². The summed E-state index contributed by atoms with van der Waals surface area (Å²) >= 11 is -3.52. The van der Waals surface area contributed by atoms with Crippen molar-refractivity contribution in [3.63, 3.8) is 0 Å². The van der Waals surface area contributed by atoms with E-state index in [1.807, 2.05) is 115 Å². The van der Waals surface area contributed by atoms with E-state index < -0.39 is 18.3 Å². The van der Waals surface area contributed by atoms with Crippen molar-refractivity contribution in [3.8, 4) is 16.9 Å². The van der Waals surface area contributed by atoms with Gasteiger partial charge in [-0.15, -0.1) is 24.8 Å². The van der Waals surface area contributed by atoms with Gasteiger partial charge < -0.3 is 0 Å². The van der Waals surface area contributed by atoms with Gasteiger partial charge in [0.15, 0.2) is 0 Å². The number of benzene rings is 4. The van der Waals surface area contributed by atoms with E-state index >= 15 is 3.09 Å². The fourth-order valence-electron chi connectivity index (χ4n) is 3.13. The molecule has 0 spiro atoms. The number of halogens is 3. The van der Waals surface area contributed by atoms with Crippen LogP contribution in [-0.4, -0.2) is 3.81 Å². The van der Waals surface area contributed by atoms with E-state index in [9.17, 15) is 0 Å². The van der Waals surface area contributed by atoms with E-state index in [1.165, 1.54) is 0 Å². The van der Waals surface area contributed by atoms with Crippen molar-refractivity contribution >= 4 is 28.6 Å². The van der Waals surface area contributed by atoms with Gasteiger partial charge in [-0.3, -0.25) is 0 Å². The Hall–Kier alpha value is -2.23. The summed E-state index contributed by atoms with van der Waals surface area (Å²) in [4.78, 5) is 0. The van der Waals surface area contributed by atoms with Crippen molar-refractivity contribution in [1.82, 2.24) is 0 Å². The van der Waals surface area contributed by atoms with Gasteiger partial charge in [0, 0.05) is 0 Å². The molecule has 4 rings (SSSR count). The van der Waals surface area contributed by atoms with Gasteiger partial charge in [-0.25, -0.2) is 0 Å². The molecular weight excluding hydrogens is 454 g/mol. The van der Waals surface area contributed by atoms with Gasteiger partial charge in [0.2, 0.25) is 0 Å². The van der Waals surface area contributed by atoms with Crippen molar-refractivity contribution in [2.45, 2.75) is 0 Å². The van der Waals surface area contributed by atoms with Crippen LogP contribution in [0, 0.1) is 0 Å². The van der Waals surface area contributed by atoms with Crippen molar-refractivity contribution in [2.24, 2.45) is 0 Å². The molecule has 0 saturated carbocycles. The van der Waals surface area contributed by atoms with Crippen molar-refractivity contribution in [1.29, 1.82) is 0 Å². The van der Waals surface area contributed by atoms with Crippen molar-refractivity contribution in [2.75, 3.05) is 0 Å². The molecule has 30 heavy (non-hydrogen) atoms. The second-order valence-electron chi connectivity index (χ2n) is 6.38. The molecule has 0 aromatic heterocycles. The molecule has 0 amide bonds. The molecule has 0 radical (unpaired) electrons. The number of hydrogen-bond acceptors (Lipinski definition) is 1. The molecule has 0 saturated heterocycles. The monoisotopic (exact) mass is 474 g/mol. The van der Waals surface area contributed by atoms with Crippen LogP contribution in [0.25, 0.3) is 11.1 Å². The molecule has 0 N–H and O–H groups in total. The molecule has 5 heteroatoms. The SMILES string of the molecule is Cl.Cl.[F][Ti]([O]c1cccc(-c2ccccc2)c1)=[C](c1ccccc1)c1ccccc1. The van der Waals surface area contributed by atoms with Crippen molar-refractivity contribution < 1.29 is 24.7 Å². The molecule has 4 aromatic carbocycles. The van der Waals surface area contributed by atoms with Gasteiger partial charge in [0.05, 0.1) is 0 Å². The van der Waals surface area contributed by atoms with Gasteiger partial charge in [-0.05, 0) is 0 Å². The van der Waals surface area contributed by atoms with Crippen molar-refractivity contribution in [3.05, 3.63) is 126 Å². The van der Waals surface area contributed by atoms with Gasteiger partial charge in [-0.2, -0.15) is 0 Å². The number of rotatable bonds is 5. The Bertz CT molecular complexity index is 1050. The Balaban J connectivity index is 0.00000160. The Morgan fingerprint density at radius 3 is 1.57 bits per heavy atom. The predicted molar refractivity (Wildman–Crippen MR) is 124 cm³/mol. The molecule has 0 aliphatic rings. The Kier molecular flexibility index (Phi) is 9.48. The van der Waals surface area contributed by atoms with E-state index in [1.54, 1.807) is 0 Å². The van der Waals surface area contributed by atoms with Gasteiger partial charge in [0.1, 0.15) is 0 Å². The normalized spacial score (nSPS) is 9.63. The molecule has 0 fully saturated rings. The van der Waals surface area contributed by atoms with Crippen LogP contribution in [0.5, 0.6) is 5.75 Å². The maximum atomic E-state index is 15.6. The molecule has 0 heterocycles. The van der Waals surface area contributed by atoms with Crippen LogP contribution in [-0.2, 0) is 18.3 Å². The molecule has 0 unspecified atom stereocenters. The third kappa shape index (κ3) is 5.90. The molecule has 0 aliphatic heterocycles. The van der Waals surface area contributed by atoms with Crippen LogP contribution in [0.2, 0.25) is 0 Å². The first kappa shape index (κ1) is 24.0. The first-order valence-corrected chi connectivity index (χ1v) is 11.2. The maximum absolute atomic E-state index is 15.6. The molecular formula is C25H21Cl2FOTi. The minimum absolute atomic E-state index is 0. The van der Waals surface area contributed by atoms with E-state index in [4.69, 9.17) is 3.32 Å². The average molecular weight is 475 g/mol. The van der Waals surface area contributed by atoms with Gasteiger partial charge in [-0.1, -0.05) is 0 Å². The van der Waals surface area contributed by atoms with Crippen LogP contribution in [0.1, 0.15) is 11.1 Å². The summed E-state index contributed by atoms with van der Waals surface area (Å²) in [5, 5.41) is 0. The summed E-state index contributed by atoms with van der Waals surface area (Å²) in [6.45, 7) is 0. The third-order valence-corrected chi connectivity index (χ3v) is 6.63. The zero-order valence-electron chi connectivity index (χ0n) is 16.1. The molecule has 0 bridgehead atoms. The second-order valence-corrected chi connectivity index (χ2v) is 8.33. The molecule has 0 aliphatic carbocycles. The predicted octanol–water partition coefficient (Wildman–Crippen LogP) is 7.26. The van der Waals surface area contributed by atoms with E-state index in [2.05, 4.69) is 0 Å². The quantitative estimate of drug-likeness (QED) is 0.276. The molecule has 0 atom stereocenters. The molecule has 4 aromatic rings. The van der Waals surface area contributed by atoms with Crippen LogP contribution < -0.4 is 3.32 Å². The Morgan fingerprint density at radius 2 is 1.03 bits per heavy atom. The van der Waals surface area contributed by atoms with Crippen LogP contribution in [0.3, 0.4) is 0 Å². The average Bonchev–Trinajstić information content (AvgIpc) is 2.76. The summed E-state index contributed by atoms with van der Waals surface area (Å²) in [7, 11) is 0.